The lowest BCUT2D eigenvalue weighted by Gasteiger charge is -2.29. The van der Waals surface area contributed by atoms with Crippen molar-refractivity contribution in [2.75, 3.05) is 6.54 Å². The molecule has 2 N–H and O–H groups in total. The number of amides is 2. The van der Waals surface area contributed by atoms with Gasteiger partial charge in [0.25, 0.3) is 0 Å². The number of nitrogens with zero attached hydrogens (tertiary/aromatic N) is 1. The zero-order chi connectivity index (χ0) is 17.3. The summed E-state index contributed by atoms with van der Waals surface area (Å²) in [6, 6.07) is 7.67. The van der Waals surface area contributed by atoms with Gasteiger partial charge in [-0.3, -0.25) is 0 Å². The molecule has 132 valence electrons. The number of benzene rings is 1. The molecule has 5 rings (SSSR count). The molecule has 2 amide bonds. The number of hydrogen-bond donors (Lipinski definition) is 2. The molecule has 0 spiro atoms. The number of furan rings is 1. The number of nitrogens with one attached hydrogen (secondary N) is 1. The molecular weight excluding hydrogens is 316 g/mol. The van der Waals surface area contributed by atoms with Crippen LogP contribution >= 0.6 is 0 Å². The first-order chi connectivity index (χ1) is 12.0. The Hall–Kier alpha value is -2.01. The highest BCUT2D eigenvalue weighted by molar-refractivity contribution is 5.82. The van der Waals surface area contributed by atoms with Gasteiger partial charge in [0, 0.05) is 17.5 Å². The third-order valence-corrected chi connectivity index (χ3v) is 6.72. The van der Waals surface area contributed by atoms with E-state index < -0.39 is 0 Å². The van der Waals surface area contributed by atoms with Crippen LogP contribution in [-0.2, 0) is 0 Å². The number of carbonyl (C=O) groups excluding carboxylic acids is 1. The van der Waals surface area contributed by atoms with Crippen molar-refractivity contribution in [1.29, 1.82) is 0 Å². The van der Waals surface area contributed by atoms with Crippen LogP contribution in [0.3, 0.4) is 0 Å². The van der Waals surface area contributed by atoms with Crippen LogP contribution in [0.1, 0.15) is 37.1 Å². The zero-order valence-corrected chi connectivity index (χ0v) is 14.6. The van der Waals surface area contributed by atoms with Crippen LogP contribution in [0.15, 0.2) is 28.7 Å². The highest BCUT2D eigenvalue weighted by atomic mass is 16.3. The third-order valence-electron chi connectivity index (χ3n) is 6.72. The van der Waals surface area contributed by atoms with Crippen molar-refractivity contribution in [3.05, 3.63) is 35.6 Å². The molecule has 25 heavy (non-hydrogen) atoms. The van der Waals surface area contributed by atoms with Gasteiger partial charge < -0.3 is 19.7 Å². The van der Waals surface area contributed by atoms with Crippen molar-refractivity contribution in [3.63, 3.8) is 0 Å². The van der Waals surface area contributed by atoms with Crippen molar-refractivity contribution in [3.8, 4) is 0 Å². The molecular formula is C20H24N2O3. The Morgan fingerprint density at radius 3 is 2.88 bits per heavy atom. The lowest BCUT2D eigenvalue weighted by Crippen LogP contribution is -2.48. The molecule has 1 aromatic carbocycles. The Morgan fingerprint density at radius 1 is 1.32 bits per heavy atom. The van der Waals surface area contributed by atoms with Gasteiger partial charge in [0.1, 0.15) is 11.3 Å². The molecule has 1 saturated heterocycles. The smallest absolute Gasteiger partial charge is 0.318 e. The first kappa shape index (κ1) is 15.3. The van der Waals surface area contributed by atoms with Crippen molar-refractivity contribution in [1.82, 2.24) is 10.2 Å². The van der Waals surface area contributed by atoms with E-state index >= 15 is 0 Å². The van der Waals surface area contributed by atoms with Crippen molar-refractivity contribution >= 4 is 17.0 Å². The number of aliphatic hydroxyl groups is 1. The number of aryl methyl sites for hydroxylation is 1. The summed E-state index contributed by atoms with van der Waals surface area (Å²) in [4.78, 5) is 14.7. The number of likely N-dealkylation sites (tertiary alicyclic amines) is 1. The highest BCUT2D eigenvalue weighted by Gasteiger charge is 2.60. The van der Waals surface area contributed by atoms with Gasteiger partial charge in [-0.25, -0.2) is 4.79 Å². The Kier molecular flexibility index (Phi) is 3.20. The second-order valence-electron chi connectivity index (χ2n) is 8.05. The first-order valence-corrected chi connectivity index (χ1v) is 9.28. The second kappa shape index (κ2) is 5.24. The minimum Gasteiger partial charge on any atom is -0.459 e. The summed E-state index contributed by atoms with van der Waals surface area (Å²) in [7, 11) is 0. The van der Waals surface area contributed by atoms with Gasteiger partial charge in [0.05, 0.1) is 18.2 Å². The lowest BCUT2D eigenvalue weighted by atomic mass is 9.88. The minimum atomic E-state index is -0.349. The van der Waals surface area contributed by atoms with E-state index in [1.807, 2.05) is 43.0 Å². The van der Waals surface area contributed by atoms with Crippen LogP contribution in [0.5, 0.6) is 0 Å². The minimum absolute atomic E-state index is 0.00715. The summed E-state index contributed by atoms with van der Waals surface area (Å²) < 4.78 is 5.98. The average molecular weight is 340 g/mol. The van der Waals surface area contributed by atoms with Crippen molar-refractivity contribution < 1.29 is 14.3 Å². The number of fused-ring (bicyclic) bond motifs is 2. The molecule has 0 unspecified atom stereocenters. The normalized spacial score (nSPS) is 34.0. The summed E-state index contributed by atoms with van der Waals surface area (Å²) in [5.74, 6) is 2.27. The van der Waals surface area contributed by atoms with Crippen LogP contribution < -0.4 is 5.32 Å². The van der Waals surface area contributed by atoms with Crippen molar-refractivity contribution in [2.24, 2.45) is 17.8 Å². The van der Waals surface area contributed by atoms with Gasteiger partial charge in [-0.05, 0) is 50.5 Å². The molecule has 2 heterocycles. The Morgan fingerprint density at radius 2 is 2.12 bits per heavy atom. The standard InChI is InChI=1S/C20H24N2O3/c1-10-14-5-3-4-6-16(14)25-19(10)11(2)21-20(24)22-9-13-7-12-8-15(13)17(22)18(12)23/h3-6,11-13,15,17-18,23H,7-9H2,1-2H3,(H,21,24)/t11-,12+,13+,15-,17-,18-/m1/s1. The van der Waals surface area contributed by atoms with E-state index in [9.17, 15) is 9.90 Å². The maximum Gasteiger partial charge on any atom is 0.318 e. The maximum atomic E-state index is 12.9. The van der Waals surface area contributed by atoms with Crippen LogP contribution in [0.25, 0.3) is 11.0 Å². The number of urea groups is 1. The maximum absolute atomic E-state index is 12.9. The number of rotatable bonds is 2. The van der Waals surface area contributed by atoms with Crippen LogP contribution in [0, 0.1) is 24.7 Å². The van der Waals surface area contributed by atoms with Gasteiger partial charge >= 0.3 is 6.03 Å². The van der Waals surface area contributed by atoms with Gasteiger partial charge in [-0.2, -0.15) is 0 Å². The number of aliphatic hydroxyl groups excluding tert-OH is 1. The van der Waals surface area contributed by atoms with Crippen molar-refractivity contribution in [2.45, 2.75) is 44.9 Å². The van der Waals surface area contributed by atoms with Gasteiger partial charge in [-0.1, -0.05) is 18.2 Å². The molecule has 2 aliphatic carbocycles. The van der Waals surface area contributed by atoms with E-state index in [1.54, 1.807) is 0 Å². The summed E-state index contributed by atoms with van der Waals surface area (Å²) in [5, 5.41) is 14.7. The third kappa shape index (κ3) is 2.08. The molecule has 1 aliphatic heterocycles. The lowest BCUT2D eigenvalue weighted by molar-refractivity contribution is 0.0604. The SMILES string of the molecule is Cc1c([C@@H](C)NC(=O)N2C[C@@H]3C[C@H]4C[C@H]3[C@@H]2[C@@H]4O)oc2ccccc12. The van der Waals surface area contributed by atoms with Gasteiger partial charge in [0.2, 0.25) is 0 Å². The molecule has 2 aromatic rings. The molecule has 2 bridgehead atoms. The topological polar surface area (TPSA) is 65.7 Å². The monoisotopic (exact) mass is 340 g/mol. The molecule has 5 heteroatoms. The fourth-order valence-corrected chi connectivity index (χ4v) is 5.59. The molecule has 1 aromatic heterocycles. The average Bonchev–Trinajstić information content (AvgIpc) is 3.29. The van der Waals surface area contributed by atoms with E-state index in [1.165, 1.54) is 0 Å². The van der Waals surface area contributed by atoms with Crippen LogP contribution in [0.4, 0.5) is 4.79 Å². The highest BCUT2D eigenvalue weighted by Crippen LogP contribution is 2.54. The Bertz CT molecular complexity index is 843. The van der Waals surface area contributed by atoms with E-state index in [4.69, 9.17) is 4.42 Å². The predicted octanol–water partition coefficient (Wildman–Crippen LogP) is 3.21. The van der Waals surface area contributed by atoms with E-state index in [0.717, 1.165) is 41.7 Å². The second-order valence-corrected chi connectivity index (χ2v) is 8.05. The summed E-state index contributed by atoms with van der Waals surface area (Å²) in [6.45, 7) is 4.77. The quantitative estimate of drug-likeness (QED) is 0.882. The van der Waals surface area contributed by atoms with E-state index in [2.05, 4.69) is 5.32 Å². The largest absolute Gasteiger partial charge is 0.459 e. The summed E-state index contributed by atoms with van der Waals surface area (Å²) in [6.07, 6.45) is 1.81. The zero-order valence-electron chi connectivity index (χ0n) is 14.6. The summed E-state index contributed by atoms with van der Waals surface area (Å²) >= 11 is 0. The molecule has 3 aliphatic rings. The fourth-order valence-electron chi connectivity index (χ4n) is 5.59. The first-order valence-electron chi connectivity index (χ1n) is 9.28. The molecule has 5 nitrogen and oxygen atoms in total. The Labute approximate surface area is 147 Å². The number of para-hydroxylation sites is 1. The Balaban J connectivity index is 1.36. The summed E-state index contributed by atoms with van der Waals surface area (Å²) in [5.41, 5.74) is 1.93. The molecule has 0 radical (unpaired) electrons. The number of carbonyl (C=O) groups is 1. The fraction of sp³-hybridized carbons (Fsp3) is 0.550. The van der Waals surface area contributed by atoms with Crippen LogP contribution in [0.2, 0.25) is 0 Å². The molecule has 6 atom stereocenters. The predicted molar refractivity (Wildman–Crippen MR) is 94.1 cm³/mol. The molecule has 3 fully saturated rings. The van der Waals surface area contributed by atoms with Gasteiger partial charge in [0.15, 0.2) is 0 Å². The van der Waals surface area contributed by atoms with E-state index in [0.29, 0.717) is 17.8 Å². The number of hydrogen-bond acceptors (Lipinski definition) is 3. The molecule has 2 saturated carbocycles. The van der Waals surface area contributed by atoms with Gasteiger partial charge in [-0.15, -0.1) is 0 Å². The van der Waals surface area contributed by atoms with Crippen LogP contribution in [-0.4, -0.2) is 34.7 Å². The van der Waals surface area contributed by atoms with E-state index in [-0.39, 0.29) is 24.2 Å².